The Labute approximate surface area is 124 Å². The normalized spacial score (nSPS) is 18.6. The average Bonchev–Trinajstić information content (AvgIpc) is 2.55. The topological polar surface area (TPSA) is 41.6 Å². The van der Waals surface area contributed by atoms with Crippen LogP contribution in [0.25, 0.3) is 10.8 Å². The first kappa shape index (κ1) is 14.0. The molecular weight excluding hydrogens is 264 g/mol. The molecule has 1 saturated heterocycles. The van der Waals surface area contributed by atoms with Crippen LogP contribution in [0.5, 0.6) is 0 Å². The second-order valence-corrected chi connectivity index (χ2v) is 5.46. The van der Waals surface area contributed by atoms with E-state index in [2.05, 4.69) is 35.6 Å². The van der Waals surface area contributed by atoms with Gasteiger partial charge in [0.25, 0.3) is 0 Å². The summed E-state index contributed by atoms with van der Waals surface area (Å²) in [7, 11) is 1.84. The van der Waals surface area contributed by atoms with Crippen molar-refractivity contribution in [3.05, 3.63) is 48.0 Å². The molecule has 0 radical (unpaired) electrons. The molecule has 21 heavy (non-hydrogen) atoms. The predicted molar refractivity (Wildman–Crippen MR) is 83.0 cm³/mol. The molecule has 1 heterocycles. The third-order valence-corrected chi connectivity index (χ3v) is 3.83. The van der Waals surface area contributed by atoms with Crippen molar-refractivity contribution in [1.29, 1.82) is 0 Å². The molecule has 1 aliphatic rings. The van der Waals surface area contributed by atoms with E-state index in [4.69, 9.17) is 4.74 Å². The van der Waals surface area contributed by atoms with E-state index in [1.54, 1.807) is 4.90 Å². The van der Waals surface area contributed by atoms with Crippen LogP contribution in [0.4, 0.5) is 0 Å². The van der Waals surface area contributed by atoms with Crippen LogP contribution in [0, 0.1) is 0 Å². The number of benzene rings is 2. The number of nitrogens with one attached hydrogen (secondary N) is 1. The van der Waals surface area contributed by atoms with Gasteiger partial charge in [-0.25, -0.2) is 0 Å². The number of hydrogen-bond donors (Lipinski definition) is 1. The van der Waals surface area contributed by atoms with Crippen LogP contribution in [0.3, 0.4) is 0 Å². The molecule has 1 fully saturated rings. The Morgan fingerprint density at radius 2 is 2.10 bits per heavy atom. The van der Waals surface area contributed by atoms with Crippen molar-refractivity contribution < 1.29 is 9.53 Å². The zero-order valence-corrected chi connectivity index (χ0v) is 12.2. The molecule has 1 atom stereocenters. The van der Waals surface area contributed by atoms with Gasteiger partial charge in [-0.2, -0.15) is 0 Å². The molecule has 1 aliphatic heterocycles. The molecule has 0 spiro atoms. The molecule has 1 N–H and O–H groups in total. The molecule has 110 valence electrons. The minimum absolute atomic E-state index is 0.0860. The summed E-state index contributed by atoms with van der Waals surface area (Å²) in [6, 6.07) is 14.4. The minimum atomic E-state index is -0.218. The number of rotatable bonds is 3. The van der Waals surface area contributed by atoms with Crippen LogP contribution in [0.2, 0.25) is 0 Å². The predicted octanol–water partition coefficient (Wildman–Crippen LogP) is 1.79. The molecule has 0 aromatic heterocycles. The first-order chi connectivity index (χ1) is 10.2. The van der Waals surface area contributed by atoms with Crippen molar-refractivity contribution in [2.24, 2.45) is 0 Å². The summed E-state index contributed by atoms with van der Waals surface area (Å²) in [5.74, 6) is 0.0860. The van der Waals surface area contributed by atoms with Crippen molar-refractivity contribution >= 4 is 16.7 Å². The van der Waals surface area contributed by atoms with Crippen LogP contribution in [-0.2, 0) is 16.1 Å². The van der Waals surface area contributed by atoms with Gasteiger partial charge in [-0.05, 0) is 22.4 Å². The fourth-order valence-electron chi connectivity index (χ4n) is 2.68. The zero-order chi connectivity index (χ0) is 14.7. The average molecular weight is 284 g/mol. The van der Waals surface area contributed by atoms with Gasteiger partial charge in [0, 0.05) is 20.1 Å². The van der Waals surface area contributed by atoms with Gasteiger partial charge in [-0.15, -0.1) is 0 Å². The lowest BCUT2D eigenvalue weighted by Gasteiger charge is -2.27. The number of carbonyl (C=O) groups is 1. The number of hydrogen-bond acceptors (Lipinski definition) is 3. The van der Waals surface area contributed by atoms with E-state index >= 15 is 0 Å². The molecule has 4 heteroatoms. The van der Waals surface area contributed by atoms with Crippen LogP contribution in [0.1, 0.15) is 5.56 Å². The van der Waals surface area contributed by atoms with E-state index in [0.29, 0.717) is 19.8 Å². The van der Waals surface area contributed by atoms with E-state index < -0.39 is 0 Å². The lowest BCUT2D eigenvalue weighted by Crippen LogP contribution is -2.51. The van der Waals surface area contributed by atoms with Gasteiger partial charge in [-0.3, -0.25) is 4.79 Å². The Bertz CT molecular complexity index is 635. The summed E-state index contributed by atoms with van der Waals surface area (Å²) in [6.45, 7) is 2.49. The molecule has 2 aromatic carbocycles. The summed E-state index contributed by atoms with van der Waals surface area (Å²) in [5, 5.41) is 5.62. The quantitative estimate of drug-likeness (QED) is 0.934. The van der Waals surface area contributed by atoms with Gasteiger partial charge in [0.15, 0.2) is 0 Å². The molecule has 1 unspecified atom stereocenters. The van der Waals surface area contributed by atoms with Gasteiger partial charge < -0.3 is 15.0 Å². The van der Waals surface area contributed by atoms with E-state index in [-0.39, 0.29) is 11.9 Å². The zero-order valence-electron chi connectivity index (χ0n) is 12.2. The Morgan fingerprint density at radius 3 is 2.86 bits per heavy atom. The fourth-order valence-corrected chi connectivity index (χ4v) is 2.68. The number of likely N-dealkylation sites (N-methyl/N-ethyl adjacent to an activating group) is 1. The van der Waals surface area contributed by atoms with E-state index in [0.717, 1.165) is 12.1 Å². The fraction of sp³-hybridized carbons (Fsp3) is 0.353. The number of carbonyl (C=O) groups excluding carboxylic acids is 1. The van der Waals surface area contributed by atoms with Gasteiger partial charge in [-0.1, -0.05) is 36.4 Å². The first-order valence-electron chi connectivity index (χ1n) is 7.28. The highest BCUT2D eigenvalue weighted by Gasteiger charge is 2.24. The maximum atomic E-state index is 12.3. The minimum Gasteiger partial charge on any atom is -0.378 e. The van der Waals surface area contributed by atoms with Gasteiger partial charge in [0.2, 0.25) is 5.91 Å². The smallest absolute Gasteiger partial charge is 0.242 e. The molecule has 0 aliphatic carbocycles. The maximum Gasteiger partial charge on any atom is 0.242 e. The maximum absolute atomic E-state index is 12.3. The lowest BCUT2D eigenvalue weighted by molar-refractivity contribution is -0.135. The number of amides is 1. The largest absolute Gasteiger partial charge is 0.378 e. The molecule has 0 bridgehead atoms. The summed E-state index contributed by atoms with van der Waals surface area (Å²) < 4.78 is 5.35. The SMILES string of the molecule is CN(Cc1ccc2ccccc2c1)C(=O)C1COCCN1. The summed E-state index contributed by atoms with van der Waals surface area (Å²) in [5.41, 5.74) is 1.14. The number of fused-ring (bicyclic) bond motifs is 1. The third kappa shape index (κ3) is 3.23. The Kier molecular flexibility index (Phi) is 4.18. The van der Waals surface area contributed by atoms with Crippen molar-refractivity contribution in [2.45, 2.75) is 12.6 Å². The van der Waals surface area contributed by atoms with Crippen molar-refractivity contribution in [1.82, 2.24) is 10.2 Å². The van der Waals surface area contributed by atoms with Gasteiger partial charge in [0.1, 0.15) is 6.04 Å². The summed E-state index contributed by atoms with van der Waals surface area (Å²) in [6.07, 6.45) is 0. The molecule has 4 nitrogen and oxygen atoms in total. The summed E-state index contributed by atoms with van der Waals surface area (Å²) in [4.78, 5) is 14.1. The monoisotopic (exact) mass is 284 g/mol. The summed E-state index contributed by atoms with van der Waals surface area (Å²) >= 11 is 0. The van der Waals surface area contributed by atoms with Crippen LogP contribution in [-0.4, -0.2) is 43.7 Å². The number of ether oxygens (including phenoxy) is 1. The van der Waals surface area contributed by atoms with Crippen LogP contribution in [0.15, 0.2) is 42.5 Å². The molecule has 0 saturated carbocycles. The van der Waals surface area contributed by atoms with E-state index in [1.807, 2.05) is 19.2 Å². The van der Waals surface area contributed by atoms with Crippen molar-refractivity contribution in [3.63, 3.8) is 0 Å². The lowest BCUT2D eigenvalue weighted by atomic mass is 10.1. The Hall–Kier alpha value is -1.91. The molecule has 1 amide bonds. The van der Waals surface area contributed by atoms with E-state index in [1.165, 1.54) is 10.8 Å². The highest BCUT2D eigenvalue weighted by molar-refractivity contribution is 5.84. The highest BCUT2D eigenvalue weighted by atomic mass is 16.5. The Morgan fingerprint density at radius 1 is 1.29 bits per heavy atom. The number of nitrogens with zero attached hydrogens (tertiary/aromatic N) is 1. The van der Waals surface area contributed by atoms with E-state index in [9.17, 15) is 4.79 Å². The molecular formula is C17H20N2O2. The van der Waals surface area contributed by atoms with Crippen molar-refractivity contribution in [3.8, 4) is 0 Å². The van der Waals surface area contributed by atoms with Gasteiger partial charge in [0.05, 0.1) is 13.2 Å². The Balaban J connectivity index is 1.70. The van der Waals surface area contributed by atoms with Crippen LogP contribution >= 0.6 is 0 Å². The second-order valence-electron chi connectivity index (χ2n) is 5.46. The second kappa shape index (κ2) is 6.24. The van der Waals surface area contributed by atoms with Crippen LogP contribution < -0.4 is 5.32 Å². The first-order valence-corrected chi connectivity index (χ1v) is 7.28. The number of morpholine rings is 1. The van der Waals surface area contributed by atoms with Crippen molar-refractivity contribution in [2.75, 3.05) is 26.8 Å². The standard InChI is InChI=1S/C17H20N2O2/c1-19(17(20)16-12-21-9-8-18-16)11-13-6-7-14-4-2-3-5-15(14)10-13/h2-7,10,16,18H,8-9,11-12H2,1H3. The third-order valence-electron chi connectivity index (χ3n) is 3.83. The molecule has 2 aromatic rings. The molecule has 3 rings (SSSR count). The van der Waals surface area contributed by atoms with Gasteiger partial charge >= 0.3 is 0 Å². The highest BCUT2D eigenvalue weighted by Crippen LogP contribution is 2.16.